The van der Waals surface area contributed by atoms with Gasteiger partial charge >= 0.3 is 0 Å². The van der Waals surface area contributed by atoms with Crippen LogP contribution in [0.1, 0.15) is 21.7 Å². The number of fused-ring (bicyclic) bond motifs is 1. The molecule has 160 valence electrons. The zero-order valence-corrected chi connectivity index (χ0v) is 18.4. The van der Waals surface area contributed by atoms with Crippen molar-refractivity contribution in [2.24, 2.45) is 0 Å². The van der Waals surface area contributed by atoms with Crippen molar-refractivity contribution in [3.63, 3.8) is 0 Å². The Morgan fingerprint density at radius 1 is 0.969 bits per heavy atom. The third-order valence-corrected chi connectivity index (χ3v) is 5.42. The van der Waals surface area contributed by atoms with E-state index in [1.54, 1.807) is 60.7 Å². The summed E-state index contributed by atoms with van der Waals surface area (Å²) in [5, 5.41) is 4.20. The Morgan fingerprint density at radius 2 is 1.72 bits per heavy atom. The summed E-state index contributed by atoms with van der Waals surface area (Å²) in [5.41, 5.74) is 1.76. The lowest BCUT2D eigenvalue weighted by atomic mass is 10.1. The van der Waals surface area contributed by atoms with Crippen molar-refractivity contribution in [3.8, 4) is 5.75 Å². The van der Waals surface area contributed by atoms with Crippen molar-refractivity contribution in [1.82, 2.24) is 0 Å². The predicted molar refractivity (Wildman–Crippen MR) is 127 cm³/mol. The van der Waals surface area contributed by atoms with Gasteiger partial charge in [0, 0.05) is 22.0 Å². The lowest BCUT2D eigenvalue weighted by Gasteiger charge is -2.06. The molecule has 0 spiro atoms. The molecule has 1 N–H and O–H groups in total. The van der Waals surface area contributed by atoms with E-state index >= 15 is 0 Å². The van der Waals surface area contributed by atoms with Crippen molar-refractivity contribution in [1.29, 1.82) is 0 Å². The SMILES string of the molecule is COc1ccc(C(=O)c2oc3ccccc3c2NC(=O)/C=C/c2ccccc2Cl)cc1Cl. The van der Waals surface area contributed by atoms with Crippen molar-refractivity contribution < 1.29 is 18.7 Å². The van der Waals surface area contributed by atoms with Crippen LogP contribution >= 0.6 is 23.2 Å². The first-order valence-electron chi connectivity index (χ1n) is 9.61. The summed E-state index contributed by atoms with van der Waals surface area (Å²) in [4.78, 5) is 25.9. The smallest absolute Gasteiger partial charge is 0.248 e. The molecule has 0 atom stereocenters. The van der Waals surface area contributed by atoms with E-state index in [0.717, 1.165) is 0 Å². The standard InChI is InChI=1S/C25H17Cl2NO4/c1-31-21-12-10-16(14-19(21)27)24(30)25-23(17-7-3-5-9-20(17)32-25)28-22(29)13-11-15-6-2-4-8-18(15)26/h2-14H,1H3,(H,28,29)/b13-11+. The lowest BCUT2D eigenvalue weighted by molar-refractivity contribution is -0.111. The van der Waals surface area contributed by atoms with Crippen molar-refractivity contribution in [3.05, 3.63) is 99.7 Å². The monoisotopic (exact) mass is 465 g/mol. The van der Waals surface area contributed by atoms with E-state index in [9.17, 15) is 9.59 Å². The van der Waals surface area contributed by atoms with E-state index < -0.39 is 11.7 Å². The Balaban J connectivity index is 1.69. The summed E-state index contributed by atoms with van der Waals surface area (Å²) in [5.74, 6) is -0.396. The van der Waals surface area contributed by atoms with Gasteiger partial charge in [-0.25, -0.2) is 0 Å². The van der Waals surface area contributed by atoms with Gasteiger partial charge in [0.05, 0.1) is 17.8 Å². The van der Waals surface area contributed by atoms with Crippen LogP contribution in [0.15, 0.2) is 77.2 Å². The number of hydrogen-bond acceptors (Lipinski definition) is 4. The Bertz CT molecular complexity index is 1360. The van der Waals surface area contributed by atoms with Gasteiger partial charge in [0.2, 0.25) is 11.7 Å². The second-order valence-electron chi connectivity index (χ2n) is 6.82. The number of amides is 1. The van der Waals surface area contributed by atoms with Gasteiger partial charge in [0.25, 0.3) is 0 Å². The summed E-state index contributed by atoms with van der Waals surface area (Å²) in [6.07, 6.45) is 2.95. The second-order valence-corrected chi connectivity index (χ2v) is 7.64. The largest absolute Gasteiger partial charge is 0.495 e. The number of carbonyl (C=O) groups excluding carboxylic acids is 2. The Hall–Kier alpha value is -3.54. The Morgan fingerprint density at radius 3 is 2.47 bits per heavy atom. The van der Waals surface area contributed by atoms with Crippen LogP contribution in [-0.2, 0) is 4.79 Å². The molecule has 32 heavy (non-hydrogen) atoms. The molecule has 0 aliphatic rings. The number of hydrogen-bond donors (Lipinski definition) is 1. The minimum atomic E-state index is -0.432. The van der Waals surface area contributed by atoms with Crippen LogP contribution in [0.25, 0.3) is 17.0 Å². The lowest BCUT2D eigenvalue weighted by Crippen LogP contribution is -2.11. The molecule has 1 amide bonds. The molecular formula is C25H17Cl2NO4. The molecule has 0 radical (unpaired) electrons. The Labute approximate surface area is 194 Å². The van der Waals surface area contributed by atoms with Gasteiger partial charge in [-0.1, -0.05) is 53.5 Å². The van der Waals surface area contributed by atoms with E-state index in [1.165, 1.54) is 19.3 Å². The van der Waals surface area contributed by atoms with E-state index in [4.69, 9.17) is 32.4 Å². The number of para-hydroxylation sites is 1. The maximum Gasteiger partial charge on any atom is 0.248 e. The Kier molecular flexibility index (Phi) is 6.30. The van der Waals surface area contributed by atoms with Crippen molar-refractivity contribution >= 4 is 57.6 Å². The van der Waals surface area contributed by atoms with Crippen molar-refractivity contribution in [2.45, 2.75) is 0 Å². The maximum atomic E-state index is 13.2. The van der Waals surface area contributed by atoms with Gasteiger partial charge in [-0.05, 0) is 48.0 Å². The highest BCUT2D eigenvalue weighted by Crippen LogP contribution is 2.34. The minimum absolute atomic E-state index is 0.00641. The molecule has 0 aliphatic heterocycles. The van der Waals surface area contributed by atoms with Crippen molar-refractivity contribution in [2.75, 3.05) is 12.4 Å². The highest BCUT2D eigenvalue weighted by atomic mass is 35.5. The van der Waals surface area contributed by atoms with E-state index in [0.29, 0.717) is 37.9 Å². The molecule has 0 fully saturated rings. The summed E-state index contributed by atoms with van der Waals surface area (Å²) in [6, 6.07) is 18.9. The second kappa shape index (κ2) is 9.30. The number of ether oxygens (including phenoxy) is 1. The third kappa shape index (κ3) is 4.40. The number of anilines is 1. The topological polar surface area (TPSA) is 68.5 Å². The van der Waals surface area contributed by atoms with Gasteiger partial charge < -0.3 is 14.5 Å². The number of ketones is 1. The van der Waals surface area contributed by atoms with Crippen LogP contribution in [0.2, 0.25) is 10.0 Å². The van der Waals surface area contributed by atoms with Gasteiger partial charge in [-0.3, -0.25) is 9.59 Å². The van der Waals surface area contributed by atoms with Gasteiger partial charge in [-0.15, -0.1) is 0 Å². The molecule has 4 aromatic rings. The molecule has 3 aromatic carbocycles. The summed E-state index contributed by atoms with van der Waals surface area (Å²) in [6.45, 7) is 0. The summed E-state index contributed by atoms with van der Waals surface area (Å²) < 4.78 is 11.0. The minimum Gasteiger partial charge on any atom is -0.495 e. The number of nitrogens with one attached hydrogen (secondary N) is 1. The van der Waals surface area contributed by atoms with Gasteiger partial charge in [0.1, 0.15) is 11.3 Å². The van der Waals surface area contributed by atoms with Gasteiger partial charge in [-0.2, -0.15) is 0 Å². The normalized spacial score (nSPS) is 11.1. The summed E-state index contributed by atoms with van der Waals surface area (Å²) >= 11 is 12.3. The van der Waals surface area contributed by atoms with Crippen LogP contribution in [0.5, 0.6) is 5.75 Å². The quantitative estimate of drug-likeness (QED) is 0.256. The fraction of sp³-hybridized carbons (Fsp3) is 0.0400. The molecule has 0 bridgehead atoms. The van der Waals surface area contributed by atoms with Crippen LogP contribution in [-0.4, -0.2) is 18.8 Å². The zero-order chi connectivity index (χ0) is 22.7. The molecular weight excluding hydrogens is 449 g/mol. The first kappa shape index (κ1) is 21.7. The molecule has 1 aromatic heterocycles. The van der Waals surface area contributed by atoms with Crippen LogP contribution in [0.4, 0.5) is 5.69 Å². The number of methoxy groups -OCH3 is 1. The number of carbonyl (C=O) groups is 2. The van der Waals surface area contributed by atoms with E-state index in [2.05, 4.69) is 5.32 Å². The fourth-order valence-corrected chi connectivity index (χ4v) is 3.67. The van der Waals surface area contributed by atoms with Crippen LogP contribution in [0.3, 0.4) is 0 Å². The molecule has 7 heteroatoms. The molecule has 0 aliphatic carbocycles. The average molecular weight is 466 g/mol. The third-order valence-electron chi connectivity index (χ3n) is 4.78. The van der Waals surface area contributed by atoms with Crippen LogP contribution < -0.4 is 10.1 Å². The molecule has 0 saturated heterocycles. The van der Waals surface area contributed by atoms with Gasteiger partial charge in [0.15, 0.2) is 5.76 Å². The highest BCUT2D eigenvalue weighted by Gasteiger charge is 2.23. The van der Waals surface area contributed by atoms with E-state index in [1.807, 2.05) is 6.07 Å². The fourth-order valence-electron chi connectivity index (χ4n) is 3.21. The van der Waals surface area contributed by atoms with E-state index in [-0.39, 0.29) is 11.4 Å². The molecule has 1 heterocycles. The molecule has 5 nitrogen and oxygen atoms in total. The first-order chi connectivity index (χ1) is 15.5. The number of rotatable bonds is 6. The average Bonchev–Trinajstić information content (AvgIpc) is 3.16. The number of furan rings is 1. The highest BCUT2D eigenvalue weighted by molar-refractivity contribution is 6.33. The molecule has 0 unspecified atom stereocenters. The summed E-state index contributed by atoms with van der Waals surface area (Å²) in [7, 11) is 1.49. The zero-order valence-electron chi connectivity index (χ0n) is 16.9. The number of halogens is 2. The maximum absolute atomic E-state index is 13.2. The molecule has 0 saturated carbocycles. The number of benzene rings is 3. The molecule has 4 rings (SSSR count). The van der Waals surface area contributed by atoms with Crippen LogP contribution in [0, 0.1) is 0 Å². The predicted octanol–water partition coefficient (Wildman–Crippen LogP) is 6.63. The first-order valence-corrected chi connectivity index (χ1v) is 10.4.